The van der Waals surface area contributed by atoms with Gasteiger partial charge in [-0.05, 0) is 50.0 Å². The van der Waals surface area contributed by atoms with Gasteiger partial charge in [-0.25, -0.2) is 8.42 Å². The van der Waals surface area contributed by atoms with Gasteiger partial charge in [0.15, 0.2) is 0 Å². The average Bonchev–Trinajstić information content (AvgIpc) is 2.53. The van der Waals surface area contributed by atoms with Gasteiger partial charge in [0.1, 0.15) is 0 Å². The fraction of sp³-hybridized carbons (Fsp3) is 0.667. The minimum Gasteiger partial charge on any atom is -0.388 e. The van der Waals surface area contributed by atoms with Crippen LogP contribution in [0.25, 0.3) is 0 Å². The number of aliphatic hydroxyl groups is 1. The van der Waals surface area contributed by atoms with Gasteiger partial charge in [0.25, 0.3) is 0 Å². The second-order valence-corrected chi connectivity index (χ2v) is 8.10. The Hall–Kier alpha value is -1.11. The maximum absolute atomic E-state index is 11.2. The first kappa shape index (κ1) is 20.9. The van der Waals surface area contributed by atoms with Crippen molar-refractivity contribution in [3.05, 3.63) is 29.8 Å². The summed E-state index contributed by atoms with van der Waals surface area (Å²) in [5, 5.41) is 10.4. The number of hydrogen-bond acceptors (Lipinski definition) is 4. The Morgan fingerprint density at radius 1 is 1.04 bits per heavy atom. The minimum atomic E-state index is -3.27. The van der Waals surface area contributed by atoms with Crippen LogP contribution in [-0.4, -0.2) is 44.3 Å². The summed E-state index contributed by atoms with van der Waals surface area (Å²) in [4.78, 5) is 2.43. The number of anilines is 1. The average molecular weight is 357 g/mol. The van der Waals surface area contributed by atoms with Crippen molar-refractivity contribution in [1.29, 1.82) is 0 Å². The lowest BCUT2D eigenvalue weighted by Gasteiger charge is -2.23. The molecule has 6 heteroatoms. The summed E-state index contributed by atoms with van der Waals surface area (Å²) >= 11 is 0. The van der Waals surface area contributed by atoms with Crippen molar-refractivity contribution in [3.8, 4) is 0 Å². The number of nitrogens with one attached hydrogen (secondary N) is 1. The van der Waals surface area contributed by atoms with Crippen LogP contribution in [0, 0.1) is 0 Å². The molecule has 0 saturated heterocycles. The molecule has 0 amide bonds. The summed E-state index contributed by atoms with van der Waals surface area (Å²) in [6.45, 7) is 7.43. The van der Waals surface area contributed by atoms with Crippen molar-refractivity contribution in [3.63, 3.8) is 0 Å². The van der Waals surface area contributed by atoms with Crippen LogP contribution < -0.4 is 4.72 Å². The molecule has 0 heterocycles. The van der Waals surface area contributed by atoms with Crippen LogP contribution in [0.4, 0.5) is 5.69 Å². The molecule has 0 saturated carbocycles. The number of unbranched alkanes of at least 4 members (excludes halogenated alkanes) is 2. The second-order valence-electron chi connectivity index (χ2n) is 6.35. The molecule has 24 heavy (non-hydrogen) atoms. The van der Waals surface area contributed by atoms with E-state index in [4.69, 9.17) is 0 Å². The van der Waals surface area contributed by atoms with Gasteiger partial charge in [-0.1, -0.05) is 38.8 Å². The molecule has 2 N–H and O–H groups in total. The molecule has 0 radical (unpaired) electrons. The summed E-state index contributed by atoms with van der Waals surface area (Å²) in [5.74, 6) is 0. The molecule has 138 valence electrons. The molecule has 0 spiro atoms. The molecule has 0 fully saturated rings. The van der Waals surface area contributed by atoms with Crippen LogP contribution >= 0.6 is 0 Å². The van der Waals surface area contributed by atoms with Gasteiger partial charge in [-0.3, -0.25) is 4.72 Å². The van der Waals surface area contributed by atoms with E-state index in [0.29, 0.717) is 12.1 Å². The van der Waals surface area contributed by atoms with Gasteiger partial charge in [0, 0.05) is 12.2 Å². The Morgan fingerprint density at radius 3 is 2.04 bits per heavy atom. The summed E-state index contributed by atoms with van der Waals surface area (Å²) < 4.78 is 24.8. The molecule has 1 unspecified atom stereocenters. The molecule has 0 bridgehead atoms. The van der Waals surface area contributed by atoms with Crippen molar-refractivity contribution in [2.24, 2.45) is 0 Å². The minimum absolute atomic E-state index is 0.515. The lowest BCUT2D eigenvalue weighted by molar-refractivity contribution is 0.140. The lowest BCUT2D eigenvalue weighted by Crippen LogP contribution is -2.28. The van der Waals surface area contributed by atoms with Crippen LogP contribution in [0.5, 0.6) is 0 Å². The number of sulfonamides is 1. The van der Waals surface area contributed by atoms with E-state index < -0.39 is 16.1 Å². The third-order valence-corrected chi connectivity index (χ3v) is 4.58. The highest BCUT2D eigenvalue weighted by molar-refractivity contribution is 7.92. The van der Waals surface area contributed by atoms with E-state index in [9.17, 15) is 13.5 Å². The molecule has 1 rings (SSSR count). The van der Waals surface area contributed by atoms with Gasteiger partial charge in [0.2, 0.25) is 10.0 Å². The summed E-state index contributed by atoms with van der Waals surface area (Å²) in [7, 11) is -3.27. The fourth-order valence-electron chi connectivity index (χ4n) is 2.56. The Kier molecular flexibility index (Phi) is 9.33. The van der Waals surface area contributed by atoms with Gasteiger partial charge in [-0.2, -0.15) is 0 Å². The first-order valence-electron chi connectivity index (χ1n) is 8.84. The van der Waals surface area contributed by atoms with Crippen molar-refractivity contribution in [1.82, 2.24) is 4.90 Å². The van der Waals surface area contributed by atoms with Crippen LogP contribution in [0.1, 0.15) is 57.6 Å². The maximum Gasteiger partial charge on any atom is 0.229 e. The normalized spacial score (nSPS) is 13.2. The number of benzene rings is 1. The molecule has 1 aromatic carbocycles. The third-order valence-electron chi connectivity index (χ3n) is 3.97. The summed E-state index contributed by atoms with van der Waals surface area (Å²) in [6, 6.07) is 6.93. The molecule has 0 aromatic heterocycles. The molecular weight excluding hydrogens is 324 g/mol. The van der Waals surface area contributed by atoms with E-state index in [0.717, 1.165) is 31.5 Å². The Labute approximate surface area is 147 Å². The van der Waals surface area contributed by atoms with E-state index in [1.54, 1.807) is 24.3 Å². The van der Waals surface area contributed by atoms with Crippen LogP contribution in [0.2, 0.25) is 0 Å². The van der Waals surface area contributed by atoms with E-state index >= 15 is 0 Å². The SMILES string of the molecule is CCCCN(CCCC)CCC(O)c1ccc(NS(C)(=O)=O)cc1. The van der Waals surface area contributed by atoms with Gasteiger partial charge < -0.3 is 10.0 Å². The zero-order valence-electron chi connectivity index (χ0n) is 15.2. The number of hydrogen-bond donors (Lipinski definition) is 2. The second kappa shape index (κ2) is 10.7. The van der Waals surface area contributed by atoms with Crippen LogP contribution in [0.3, 0.4) is 0 Å². The predicted octanol–water partition coefficient (Wildman–Crippen LogP) is 3.38. The predicted molar refractivity (Wildman–Crippen MR) is 101 cm³/mol. The van der Waals surface area contributed by atoms with Crippen molar-refractivity contribution < 1.29 is 13.5 Å². The van der Waals surface area contributed by atoms with Gasteiger partial charge in [-0.15, -0.1) is 0 Å². The number of aliphatic hydroxyl groups excluding tert-OH is 1. The highest BCUT2D eigenvalue weighted by Gasteiger charge is 2.11. The molecule has 1 aromatic rings. The zero-order chi connectivity index (χ0) is 18.0. The molecular formula is C18H32N2O3S. The van der Waals surface area contributed by atoms with Crippen molar-refractivity contribution >= 4 is 15.7 Å². The first-order chi connectivity index (χ1) is 11.4. The highest BCUT2D eigenvalue weighted by Crippen LogP contribution is 2.20. The Morgan fingerprint density at radius 2 is 1.58 bits per heavy atom. The quantitative estimate of drug-likeness (QED) is 0.602. The van der Waals surface area contributed by atoms with Crippen LogP contribution in [0.15, 0.2) is 24.3 Å². The molecule has 0 aliphatic carbocycles. The first-order valence-corrected chi connectivity index (χ1v) is 10.7. The van der Waals surface area contributed by atoms with E-state index in [1.165, 1.54) is 25.7 Å². The van der Waals surface area contributed by atoms with E-state index in [-0.39, 0.29) is 0 Å². The Bertz CT molecular complexity index is 550. The largest absolute Gasteiger partial charge is 0.388 e. The van der Waals surface area contributed by atoms with Crippen molar-refractivity contribution in [2.75, 3.05) is 30.6 Å². The monoisotopic (exact) mass is 356 g/mol. The maximum atomic E-state index is 11.2. The summed E-state index contributed by atoms with van der Waals surface area (Å²) in [6.07, 6.45) is 6.02. The van der Waals surface area contributed by atoms with Crippen molar-refractivity contribution in [2.45, 2.75) is 52.1 Å². The summed E-state index contributed by atoms with van der Waals surface area (Å²) in [5.41, 5.74) is 1.33. The number of rotatable bonds is 12. The lowest BCUT2D eigenvalue weighted by atomic mass is 10.1. The van der Waals surface area contributed by atoms with Gasteiger partial charge >= 0.3 is 0 Å². The fourth-order valence-corrected chi connectivity index (χ4v) is 3.12. The van der Waals surface area contributed by atoms with Crippen LogP contribution in [-0.2, 0) is 10.0 Å². The number of nitrogens with zero attached hydrogens (tertiary/aromatic N) is 1. The standard InChI is InChI=1S/C18H32N2O3S/c1-4-6-13-20(14-7-5-2)15-12-18(21)16-8-10-17(11-9-16)19-24(3,22)23/h8-11,18-19,21H,4-7,12-15H2,1-3H3. The Balaban J connectivity index is 2.54. The molecule has 0 aliphatic heterocycles. The van der Waals surface area contributed by atoms with Gasteiger partial charge in [0.05, 0.1) is 12.4 Å². The smallest absolute Gasteiger partial charge is 0.229 e. The zero-order valence-corrected chi connectivity index (χ0v) is 16.0. The molecule has 0 aliphatic rings. The molecule has 1 atom stereocenters. The highest BCUT2D eigenvalue weighted by atomic mass is 32.2. The van der Waals surface area contributed by atoms with E-state index in [2.05, 4.69) is 23.5 Å². The third kappa shape index (κ3) is 8.66. The molecule has 5 nitrogen and oxygen atoms in total. The van der Waals surface area contributed by atoms with E-state index in [1.807, 2.05) is 0 Å². The topological polar surface area (TPSA) is 69.6 Å².